The summed E-state index contributed by atoms with van der Waals surface area (Å²) in [6, 6.07) is 3.46. The van der Waals surface area contributed by atoms with Crippen molar-refractivity contribution >= 4 is 0 Å². The average Bonchev–Trinajstić information content (AvgIpc) is 2.04. The Kier molecular flexibility index (Phi) is 2.90. The Balaban J connectivity index is 2.59. The van der Waals surface area contributed by atoms with E-state index in [1.165, 1.54) is 18.4 Å². The summed E-state index contributed by atoms with van der Waals surface area (Å²) in [5, 5.41) is 0. The van der Waals surface area contributed by atoms with Gasteiger partial charge in [0.25, 0.3) is 0 Å². The van der Waals surface area contributed by atoms with E-state index in [2.05, 4.69) is 11.9 Å². The lowest BCUT2D eigenvalue weighted by Gasteiger charge is -1.96. The molecule has 0 atom stereocenters. The Labute approximate surface area is 66.3 Å². The SMILES string of the molecule is CCCCc1ccc(=O)[nH]c1. The topological polar surface area (TPSA) is 32.9 Å². The molecule has 0 aromatic carbocycles. The van der Waals surface area contributed by atoms with Gasteiger partial charge in [0.15, 0.2) is 0 Å². The van der Waals surface area contributed by atoms with Gasteiger partial charge in [0.2, 0.25) is 5.56 Å². The predicted molar refractivity (Wildman–Crippen MR) is 45.7 cm³/mol. The van der Waals surface area contributed by atoms with Gasteiger partial charge in [0.1, 0.15) is 0 Å². The Bertz CT molecular complexity index is 244. The molecule has 0 aliphatic heterocycles. The van der Waals surface area contributed by atoms with E-state index in [-0.39, 0.29) is 5.56 Å². The van der Waals surface area contributed by atoms with Gasteiger partial charge in [-0.25, -0.2) is 0 Å². The van der Waals surface area contributed by atoms with Crippen molar-refractivity contribution in [2.24, 2.45) is 0 Å². The van der Waals surface area contributed by atoms with E-state index in [0.717, 1.165) is 6.42 Å². The summed E-state index contributed by atoms with van der Waals surface area (Å²) < 4.78 is 0. The third kappa shape index (κ3) is 2.58. The van der Waals surface area contributed by atoms with Crippen LogP contribution in [0.25, 0.3) is 0 Å². The first kappa shape index (κ1) is 8.05. The average molecular weight is 151 g/mol. The normalized spacial score (nSPS) is 9.91. The predicted octanol–water partition coefficient (Wildman–Crippen LogP) is 1.72. The maximum absolute atomic E-state index is 10.6. The molecule has 0 fully saturated rings. The Morgan fingerprint density at radius 1 is 1.45 bits per heavy atom. The smallest absolute Gasteiger partial charge is 0.247 e. The number of nitrogens with one attached hydrogen (secondary N) is 1. The van der Waals surface area contributed by atoms with Crippen molar-refractivity contribution in [1.29, 1.82) is 0 Å². The van der Waals surface area contributed by atoms with Crippen LogP contribution in [-0.2, 0) is 6.42 Å². The number of aromatic amines is 1. The lowest BCUT2D eigenvalue weighted by atomic mass is 10.1. The van der Waals surface area contributed by atoms with Crippen molar-refractivity contribution in [2.75, 3.05) is 0 Å². The van der Waals surface area contributed by atoms with Crippen LogP contribution < -0.4 is 5.56 Å². The maximum Gasteiger partial charge on any atom is 0.247 e. The number of unbranched alkanes of at least 4 members (excludes halogenated alkanes) is 1. The van der Waals surface area contributed by atoms with Crippen molar-refractivity contribution in [3.63, 3.8) is 0 Å². The van der Waals surface area contributed by atoms with Crippen molar-refractivity contribution in [3.05, 3.63) is 34.2 Å². The van der Waals surface area contributed by atoms with Crippen LogP contribution >= 0.6 is 0 Å². The van der Waals surface area contributed by atoms with Crippen LogP contribution in [0.2, 0.25) is 0 Å². The molecule has 11 heavy (non-hydrogen) atoms. The molecule has 0 amide bonds. The van der Waals surface area contributed by atoms with Crippen molar-refractivity contribution in [2.45, 2.75) is 26.2 Å². The van der Waals surface area contributed by atoms with Gasteiger partial charge in [0, 0.05) is 12.3 Å². The van der Waals surface area contributed by atoms with E-state index in [1.807, 2.05) is 6.07 Å². The van der Waals surface area contributed by atoms with Crippen molar-refractivity contribution in [3.8, 4) is 0 Å². The zero-order chi connectivity index (χ0) is 8.10. The highest BCUT2D eigenvalue weighted by Crippen LogP contribution is 2.00. The summed E-state index contributed by atoms with van der Waals surface area (Å²) in [6.07, 6.45) is 5.23. The molecule has 60 valence electrons. The van der Waals surface area contributed by atoms with Gasteiger partial charge in [-0.15, -0.1) is 0 Å². The number of rotatable bonds is 3. The second-order valence-corrected chi connectivity index (χ2v) is 2.66. The van der Waals surface area contributed by atoms with E-state index in [1.54, 1.807) is 12.3 Å². The molecule has 1 aromatic heterocycles. The molecule has 0 saturated heterocycles. The van der Waals surface area contributed by atoms with Gasteiger partial charge in [-0.3, -0.25) is 4.79 Å². The fourth-order valence-electron chi connectivity index (χ4n) is 0.979. The van der Waals surface area contributed by atoms with Crippen LogP contribution in [0, 0.1) is 0 Å². The molecule has 0 spiro atoms. The molecule has 2 nitrogen and oxygen atoms in total. The second-order valence-electron chi connectivity index (χ2n) is 2.66. The third-order valence-corrected chi connectivity index (χ3v) is 1.67. The standard InChI is InChI=1S/C9H13NO/c1-2-3-4-8-5-6-9(11)10-7-8/h5-7H,2-4H2,1H3,(H,10,11). The second kappa shape index (κ2) is 3.96. The number of aromatic nitrogens is 1. The summed E-state index contributed by atoms with van der Waals surface area (Å²) in [5.41, 5.74) is 1.19. The molecule has 1 heterocycles. The quantitative estimate of drug-likeness (QED) is 0.701. The lowest BCUT2D eigenvalue weighted by molar-refractivity contribution is 0.791. The summed E-state index contributed by atoms with van der Waals surface area (Å²) in [4.78, 5) is 13.3. The highest BCUT2D eigenvalue weighted by molar-refractivity contribution is 5.08. The number of hydrogen-bond acceptors (Lipinski definition) is 1. The zero-order valence-electron chi connectivity index (χ0n) is 6.76. The molecule has 0 aliphatic rings. The minimum absolute atomic E-state index is 0.0229. The van der Waals surface area contributed by atoms with E-state index in [4.69, 9.17) is 0 Å². The minimum atomic E-state index is -0.0229. The minimum Gasteiger partial charge on any atom is -0.329 e. The molecule has 1 aromatic rings. The molecular formula is C9H13NO. The maximum atomic E-state index is 10.6. The van der Waals surface area contributed by atoms with E-state index in [0.29, 0.717) is 0 Å². The van der Waals surface area contributed by atoms with Gasteiger partial charge in [0.05, 0.1) is 0 Å². The summed E-state index contributed by atoms with van der Waals surface area (Å²) in [7, 11) is 0. The van der Waals surface area contributed by atoms with Crippen molar-refractivity contribution in [1.82, 2.24) is 4.98 Å². The third-order valence-electron chi connectivity index (χ3n) is 1.67. The number of aryl methyl sites for hydroxylation is 1. The van der Waals surface area contributed by atoms with Gasteiger partial charge < -0.3 is 4.98 Å². The van der Waals surface area contributed by atoms with Crippen LogP contribution in [0.5, 0.6) is 0 Å². The molecule has 2 heteroatoms. The van der Waals surface area contributed by atoms with Gasteiger partial charge in [-0.05, 0) is 18.4 Å². The first-order valence-corrected chi connectivity index (χ1v) is 4.00. The van der Waals surface area contributed by atoms with Crippen LogP contribution in [0.1, 0.15) is 25.3 Å². The van der Waals surface area contributed by atoms with Gasteiger partial charge in [-0.2, -0.15) is 0 Å². The van der Waals surface area contributed by atoms with Crippen LogP contribution in [0.3, 0.4) is 0 Å². The molecule has 0 unspecified atom stereocenters. The first-order chi connectivity index (χ1) is 5.33. The van der Waals surface area contributed by atoms with Gasteiger partial charge in [-0.1, -0.05) is 19.4 Å². The molecule has 0 aliphatic carbocycles. The summed E-state index contributed by atoms with van der Waals surface area (Å²) in [6.45, 7) is 2.16. The largest absolute Gasteiger partial charge is 0.329 e. The van der Waals surface area contributed by atoms with Crippen LogP contribution in [0.4, 0.5) is 0 Å². The molecular weight excluding hydrogens is 138 g/mol. The van der Waals surface area contributed by atoms with Crippen molar-refractivity contribution < 1.29 is 0 Å². The number of H-pyrrole nitrogens is 1. The molecule has 0 saturated carbocycles. The summed E-state index contributed by atoms with van der Waals surface area (Å²) in [5.74, 6) is 0. The van der Waals surface area contributed by atoms with E-state index < -0.39 is 0 Å². The zero-order valence-corrected chi connectivity index (χ0v) is 6.76. The summed E-state index contributed by atoms with van der Waals surface area (Å²) >= 11 is 0. The van der Waals surface area contributed by atoms with E-state index >= 15 is 0 Å². The first-order valence-electron chi connectivity index (χ1n) is 4.00. The molecule has 0 bridgehead atoms. The van der Waals surface area contributed by atoms with E-state index in [9.17, 15) is 4.79 Å². The Morgan fingerprint density at radius 3 is 2.82 bits per heavy atom. The Morgan fingerprint density at radius 2 is 2.27 bits per heavy atom. The highest BCUT2D eigenvalue weighted by atomic mass is 16.1. The fraction of sp³-hybridized carbons (Fsp3) is 0.444. The molecule has 0 radical (unpaired) electrons. The number of pyridine rings is 1. The molecule has 1 N–H and O–H groups in total. The molecule has 1 rings (SSSR count). The monoisotopic (exact) mass is 151 g/mol. The van der Waals surface area contributed by atoms with Gasteiger partial charge >= 0.3 is 0 Å². The fourth-order valence-corrected chi connectivity index (χ4v) is 0.979. The Hall–Kier alpha value is -1.05. The highest BCUT2D eigenvalue weighted by Gasteiger charge is 1.90. The lowest BCUT2D eigenvalue weighted by Crippen LogP contribution is -2.02. The van der Waals surface area contributed by atoms with Crippen LogP contribution in [0.15, 0.2) is 23.1 Å². The number of hydrogen-bond donors (Lipinski definition) is 1. The van der Waals surface area contributed by atoms with Crippen LogP contribution in [-0.4, -0.2) is 4.98 Å².